The zero-order valence-corrected chi connectivity index (χ0v) is 9.91. The molecule has 1 aromatic carbocycles. The van der Waals surface area contributed by atoms with E-state index in [2.05, 4.69) is 10.3 Å². The first-order valence-electron chi connectivity index (χ1n) is 5.57. The van der Waals surface area contributed by atoms with Gasteiger partial charge in [-0.2, -0.15) is 13.2 Å². The molecule has 0 bridgehead atoms. The lowest BCUT2D eigenvalue weighted by molar-refractivity contribution is -0.137. The second kappa shape index (κ2) is 5.17. The topological polar surface area (TPSA) is 50.9 Å². The van der Waals surface area contributed by atoms with E-state index in [9.17, 15) is 13.2 Å². The number of nitrogens with two attached hydrogens (primary N) is 1. The number of nitrogens with one attached hydrogen (secondary N) is 1. The predicted molar refractivity (Wildman–Crippen MR) is 67.4 cm³/mol. The van der Waals surface area contributed by atoms with Gasteiger partial charge in [0.25, 0.3) is 0 Å². The third-order valence-corrected chi connectivity index (χ3v) is 2.55. The highest BCUT2D eigenvalue weighted by Gasteiger charge is 2.33. The Balaban J connectivity index is 2.14. The lowest BCUT2D eigenvalue weighted by Crippen LogP contribution is -2.12. The number of rotatable bonds is 3. The van der Waals surface area contributed by atoms with Crippen LogP contribution in [0.3, 0.4) is 0 Å². The van der Waals surface area contributed by atoms with Gasteiger partial charge in [-0.3, -0.25) is 0 Å². The first-order valence-corrected chi connectivity index (χ1v) is 5.57. The number of anilines is 2. The van der Waals surface area contributed by atoms with Crippen LogP contribution in [0.2, 0.25) is 0 Å². The van der Waals surface area contributed by atoms with Crippen molar-refractivity contribution in [2.45, 2.75) is 12.7 Å². The Morgan fingerprint density at radius 3 is 2.42 bits per heavy atom. The number of hydrogen-bond donors (Lipinski definition) is 2. The maximum Gasteiger partial charge on any atom is 0.419 e. The van der Waals surface area contributed by atoms with Gasteiger partial charge in [0.05, 0.1) is 5.56 Å². The average molecular weight is 267 g/mol. The van der Waals surface area contributed by atoms with Crippen LogP contribution in [0, 0.1) is 0 Å². The summed E-state index contributed by atoms with van der Waals surface area (Å²) in [4.78, 5) is 3.72. The Hall–Kier alpha value is -2.24. The van der Waals surface area contributed by atoms with Gasteiger partial charge >= 0.3 is 6.18 Å². The van der Waals surface area contributed by atoms with Crippen LogP contribution in [-0.4, -0.2) is 4.98 Å². The lowest BCUT2D eigenvalue weighted by atomic mass is 10.2. The molecule has 0 fully saturated rings. The molecule has 1 heterocycles. The molecular formula is C13H12F3N3. The molecule has 0 spiro atoms. The molecule has 0 aliphatic carbocycles. The van der Waals surface area contributed by atoms with E-state index in [-0.39, 0.29) is 12.4 Å². The van der Waals surface area contributed by atoms with E-state index in [0.717, 1.165) is 11.6 Å². The Bertz CT molecular complexity index is 550. The molecule has 6 heteroatoms. The summed E-state index contributed by atoms with van der Waals surface area (Å²) in [7, 11) is 0. The van der Waals surface area contributed by atoms with Gasteiger partial charge in [0.1, 0.15) is 5.82 Å². The van der Waals surface area contributed by atoms with Crippen molar-refractivity contribution in [3.8, 4) is 0 Å². The van der Waals surface area contributed by atoms with E-state index in [0.29, 0.717) is 5.69 Å². The fraction of sp³-hybridized carbons (Fsp3) is 0.154. The number of nitrogen functional groups attached to an aromatic ring is 1. The molecule has 2 rings (SSSR count). The summed E-state index contributed by atoms with van der Waals surface area (Å²) in [5.41, 5.74) is 6.20. The van der Waals surface area contributed by atoms with Gasteiger partial charge in [0.2, 0.25) is 0 Å². The van der Waals surface area contributed by atoms with Crippen molar-refractivity contribution in [2.75, 3.05) is 11.1 Å². The molecule has 0 aliphatic rings. The summed E-state index contributed by atoms with van der Waals surface area (Å²) in [6.07, 6.45) is -3.10. The van der Waals surface area contributed by atoms with Crippen LogP contribution in [0.4, 0.5) is 24.7 Å². The minimum absolute atomic E-state index is 0.174. The molecule has 1 aromatic heterocycles. The Kier molecular flexibility index (Phi) is 3.59. The highest BCUT2D eigenvalue weighted by atomic mass is 19.4. The van der Waals surface area contributed by atoms with Crippen molar-refractivity contribution in [3.63, 3.8) is 0 Å². The summed E-state index contributed by atoms with van der Waals surface area (Å²) in [6, 6.07) is 9.15. The average Bonchev–Trinajstić information content (AvgIpc) is 2.37. The molecule has 0 atom stereocenters. The quantitative estimate of drug-likeness (QED) is 0.839. The van der Waals surface area contributed by atoms with Crippen molar-refractivity contribution in [2.24, 2.45) is 0 Å². The van der Waals surface area contributed by atoms with Crippen LogP contribution in [0.1, 0.15) is 11.1 Å². The van der Waals surface area contributed by atoms with Crippen molar-refractivity contribution in [3.05, 3.63) is 53.7 Å². The minimum atomic E-state index is -4.42. The van der Waals surface area contributed by atoms with Crippen LogP contribution in [0.25, 0.3) is 0 Å². The molecule has 100 valence electrons. The number of benzene rings is 1. The number of alkyl halides is 3. The zero-order chi connectivity index (χ0) is 13.9. The molecule has 0 radical (unpaired) electrons. The highest BCUT2D eigenvalue weighted by molar-refractivity contribution is 5.47. The maximum absolute atomic E-state index is 12.7. The van der Waals surface area contributed by atoms with Gasteiger partial charge in [-0.05, 0) is 29.8 Å². The summed E-state index contributed by atoms with van der Waals surface area (Å²) in [5, 5.41) is 2.68. The Labute approximate surface area is 108 Å². The molecule has 0 unspecified atom stereocenters. The predicted octanol–water partition coefficient (Wildman–Crippen LogP) is 3.29. The zero-order valence-electron chi connectivity index (χ0n) is 9.91. The van der Waals surface area contributed by atoms with Gasteiger partial charge in [-0.1, -0.05) is 12.1 Å². The third kappa shape index (κ3) is 3.37. The molecule has 3 nitrogen and oxygen atoms in total. The molecule has 0 amide bonds. The largest absolute Gasteiger partial charge is 0.419 e. The standard InChI is InChI=1S/C13H12F3N3/c14-13(15,16)11-2-1-7-18-12(11)19-8-9-3-5-10(17)6-4-9/h1-7H,8,17H2,(H,18,19). The molecule has 0 aliphatic heterocycles. The monoisotopic (exact) mass is 267 g/mol. The molecule has 2 aromatic rings. The second-order valence-electron chi connectivity index (χ2n) is 3.99. The molecule has 0 saturated carbocycles. The number of hydrogen-bond acceptors (Lipinski definition) is 3. The van der Waals surface area contributed by atoms with Crippen LogP contribution < -0.4 is 11.1 Å². The number of pyridine rings is 1. The fourth-order valence-corrected chi connectivity index (χ4v) is 1.60. The van der Waals surface area contributed by atoms with Crippen LogP contribution in [-0.2, 0) is 12.7 Å². The SMILES string of the molecule is Nc1ccc(CNc2ncccc2C(F)(F)F)cc1. The number of aromatic nitrogens is 1. The van der Waals surface area contributed by atoms with Gasteiger partial charge in [-0.15, -0.1) is 0 Å². The van der Waals surface area contributed by atoms with Gasteiger partial charge < -0.3 is 11.1 Å². The molecular weight excluding hydrogens is 255 g/mol. The normalized spacial score (nSPS) is 11.3. The maximum atomic E-state index is 12.7. The van der Waals surface area contributed by atoms with Gasteiger partial charge in [0, 0.05) is 18.4 Å². The number of nitrogens with zero attached hydrogens (tertiary/aromatic N) is 1. The highest BCUT2D eigenvalue weighted by Crippen LogP contribution is 2.33. The summed E-state index contributed by atoms with van der Waals surface area (Å²) in [5.74, 6) is -0.174. The van der Waals surface area contributed by atoms with E-state index in [1.165, 1.54) is 12.3 Å². The van der Waals surface area contributed by atoms with Gasteiger partial charge in [0.15, 0.2) is 0 Å². The minimum Gasteiger partial charge on any atom is -0.399 e. The van der Waals surface area contributed by atoms with E-state index in [1.807, 2.05) is 0 Å². The van der Waals surface area contributed by atoms with Crippen LogP contribution in [0.5, 0.6) is 0 Å². The van der Waals surface area contributed by atoms with Crippen molar-refractivity contribution < 1.29 is 13.2 Å². The van der Waals surface area contributed by atoms with E-state index >= 15 is 0 Å². The van der Waals surface area contributed by atoms with Crippen LogP contribution in [0.15, 0.2) is 42.6 Å². The first kappa shape index (κ1) is 13.2. The second-order valence-corrected chi connectivity index (χ2v) is 3.99. The Morgan fingerprint density at radius 1 is 1.11 bits per heavy atom. The van der Waals surface area contributed by atoms with Crippen molar-refractivity contribution in [1.29, 1.82) is 0 Å². The summed E-state index contributed by atoms with van der Waals surface area (Å²) < 4.78 is 38.2. The lowest BCUT2D eigenvalue weighted by Gasteiger charge is -2.13. The van der Waals surface area contributed by atoms with E-state index in [1.54, 1.807) is 24.3 Å². The van der Waals surface area contributed by atoms with Crippen molar-refractivity contribution >= 4 is 11.5 Å². The third-order valence-electron chi connectivity index (χ3n) is 2.55. The molecule has 0 saturated heterocycles. The number of halogens is 3. The van der Waals surface area contributed by atoms with E-state index in [4.69, 9.17) is 5.73 Å². The van der Waals surface area contributed by atoms with Crippen LogP contribution >= 0.6 is 0 Å². The molecule has 19 heavy (non-hydrogen) atoms. The Morgan fingerprint density at radius 2 is 1.79 bits per heavy atom. The summed E-state index contributed by atoms with van der Waals surface area (Å²) in [6.45, 7) is 0.250. The van der Waals surface area contributed by atoms with Gasteiger partial charge in [-0.25, -0.2) is 4.98 Å². The van der Waals surface area contributed by atoms with E-state index < -0.39 is 11.7 Å². The molecule has 3 N–H and O–H groups in total. The summed E-state index contributed by atoms with van der Waals surface area (Å²) >= 11 is 0. The van der Waals surface area contributed by atoms with Crippen molar-refractivity contribution in [1.82, 2.24) is 4.98 Å². The fourth-order valence-electron chi connectivity index (χ4n) is 1.60. The smallest absolute Gasteiger partial charge is 0.399 e. The first-order chi connectivity index (χ1) is 8.97.